The highest BCUT2D eigenvalue weighted by Crippen LogP contribution is 2.15. The lowest BCUT2D eigenvalue weighted by molar-refractivity contribution is -0.00874. The van der Waals surface area contributed by atoms with E-state index in [-0.39, 0.29) is 11.6 Å². The van der Waals surface area contributed by atoms with Gasteiger partial charge in [0.05, 0.1) is 13.2 Å². The number of ether oxygens (including phenoxy) is 1. The van der Waals surface area contributed by atoms with E-state index in [0.717, 1.165) is 31.9 Å². The van der Waals surface area contributed by atoms with Gasteiger partial charge < -0.3 is 15.4 Å². The lowest BCUT2D eigenvalue weighted by Gasteiger charge is -2.40. The Hall–Kier alpha value is -1.59. The van der Waals surface area contributed by atoms with Crippen LogP contribution in [-0.2, 0) is 11.3 Å². The summed E-state index contributed by atoms with van der Waals surface area (Å²) in [6.07, 6.45) is 0. The van der Waals surface area contributed by atoms with Crippen molar-refractivity contribution in [1.29, 1.82) is 0 Å². The molecule has 1 heterocycles. The van der Waals surface area contributed by atoms with Crippen LogP contribution >= 0.6 is 0 Å². The third-order valence-corrected chi connectivity index (χ3v) is 4.25. The first-order valence-electron chi connectivity index (χ1n) is 7.88. The Bertz CT molecular complexity index is 496. The maximum absolute atomic E-state index is 12.0. The monoisotopic (exact) mass is 305 g/mol. The molecule has 0 aromatic heterocycles. The highest BCUT2D eigenvalue weighted by molar-refractivity contribution is 5.73. The van der Waals surface area contributed by atoms with E-state index in [1.165, 1.54) is 5.56 Å². The number of carbonyl (C=O) groups excluding carboxylic acids is 1. The molecule has 1 saturated heterocycles. The quantitative estimate of drug-likeness (QED) is 0.874. The van der Waals surface area contributed by atoms with Crippen molar-refractivity contribution in [3.05, 3.63) is 35.4 Å². The van der Waals surface area contributed by atoms with Crippen LogP contribution in [0.5, 0.6) is 0 Å². The number of hydrogen-bond acceptors (Lipinski definition) is 3. The number of nitrogens with one attached hydrogen (secondary N) is 2. The molecule has 2 rings (SSSR count). The summed E-state index contributed by atoms with van der Waals surface area (Å²) < 4.78 is 5.38. The van der Waals surface area contributed by atoms with E-state index in [1.54, 1.807) is 0 Å². The number of morpholine rings is 1. The van der Waals surface area contributed by atoms with E-state index in [2.05, 4.69) is 42.4 Å². The van der Waals surface area contributed by atoms with Crippen LogP contribution in [0.2, 0.25) is 0 Å². The molecule has 0 radical (unpaired) electrons. The minimum absolute atomic E-state index is 0.0657. The molecule has 0 aliphatic carbocycles. The molecule has 1 aromatic carbocycles. The first kappa shape index (κ1) is 16.8. The van der Waals surface area contributed by atoms with Crippen LogP contribution in [0.4, 0.5) is 4.79 Å². The van der Waals surface area contributed by atoms with Crippen LogP contribution in [-0.4, -0.2) is 49.3 Å². The Balaban J connectivity index is 1.76. The zero-order chi connectivity index (χ0) is 16.0. The lowest BCUT2D eigenvalue weighted by Crippen LogP contribution is -2.56. The minimum Gasteiger partial charge on any atom is -0.379 e. The van der Waals surface area contributed by atoms with Crippen molar-refractivity contribution < 1.29 is 9.53 Å². The Morgan fingerprint density at radius 3 is 2.59 bits per heavy atom. The number of urea groups is 1. The van der Waals surface area contributed by atoms with Crippen LogP contribution < -0.4 is 10.6 Å². The Labute approximate surface area is 133 Å². The fourth-order valence-corrected chi connectivity index (χ4v) is 2.62. The molecule has 1 aliphatic rings. The maximum atomic E-state index is 12.0. The van der Waals surface area contributed by atoms with E-state index in [4.69, 9.17) is 4.74 Å². The molecule has 0 spiro atoms. The van der Waals surface area contributed by atoms with E-state index >= 15 is 0 Å². The summed E-state index contributed by atoms with van der Waals surface area (Å²) in [5.41, 5.74) is 2.27. The molecule has 0 bridgehead atoms. The summed E-state index contributed by atoms with van der Waals surface area (Å²) in [7, 11) is 0. The van der Waals surface area contributed by atoms with Crippen molar-refractivity contribution in [2.75, 3.05) is 32.8 Å². The molecule has 5 heteroatoms. The first-order valence-corrected chi connectivity index (χ1v) is 7.88. The van der Waals surface area contributed by atoms with Gasteiger partial charge in [-0.25, -0.2) is 4.79 Å². The van der Waals surface area contributed by atoms with Gasteiger partial charge in [0.25, 0.3) is 0 Å². The predicted octanol–water partition coefficient (Wildman–Crippen LogP) is 1.91. The average molecular weight is 305 g/mol. The Morgan fingerprint density at radius 2 is 1.91 bits per heavy atom. The molecule has 2 amide bonds. The van der Waals surface area contributed by atoms with Crippen molar-refractivity contribution in [2.45, 2.75) is 32.9 Å². The number of hydrogen-bond donors (Lipinski definition) is 2. The van der Waals surface area contributed by atoms with Gasteiger partial charge in [0, 0.05) is 31.7 Å². The van der Waals surface area contributed by atoms with Gasteiger partial charge in [0.2, 0.25) is 0 Å². The summed E-state index contributed by atoms with van der Waals surface area (Å²) in [6.45, 7) is 10.9. The highest BCUT2D eigenvalue weighted by Gasteiger charge is 2.28. The Morgan fingerprint density at radius 1 is 1.23 bits per heavy atom. The molecule has 0 saturated carbocycles. The van der Waals surface area contributed by atoms with Gasteiger partial charge >= 0.3 is 6.03 Å². The van der Waals surface area contributed by atoms with Crippen LogP contribution in [0.15, 0.2) is 24.3 Å². The van der Waals surface area contributed by atoms with E-state index in [1.807, 2.05) is 18.2 Å². The van der Waals surface area contributed by atoms with Gasteiger partial charge in [-0.05, 0) is 31.9 Å². The van der Waals surface area contributed by atoms with Gasteiger partial charge in [0.15, 0.2) is 0 Å². The third-order valence-electron chi connectivity index (χ3n) is 4.25. The second-order valence-electron chi connectivity index (χ2n) is 6.37. The number of nitrogens with zero attached hydrogens (tertiary/aromatic N) is 1. The SMILES string of the molecule is Cc1ccccc1CNC(=O)NCC(C)(C)N1CCOCC1. The van der Waals surface area contributed by atoms with Crippen molar-refractivity contribution in [2.24, 2.45) is 0 Å². The number of benzene rings is 1. The molecule has 0 unspecified atom stereocenters. The smallest absolute Gasteiger partial charge is 0.315 e. The molecule has 1 aromatic rings. The molecule has 5 nitrogen and oxygen atoms in total. The van der Waals surface area contributed by atoms with Crippen LogP contribution in [0.1, 0.15) is 25.0 Å². The van der Waals surface area contributed by atoms with E-state index < -0.39 is 0 Å². The molecule has 1 fully saturated rings. The largest absolute Gasteiger partial charge is 0.379 e. The van der Waals surface area contributed by atoms with E-state index in [9.17, 15) is 4.79 Å². The van der Waals surface area contributed by atoms with Crippen molar-refractivity contribution >= 4 is 6.03 Å². The lowest BCUT2D eigenvalue weighted by atomic mass is 10.0. The summed E-state index contributed by atoms with van der Waals surface area (Å²) in [4.78, 5) is 14.4. The van der Waals surface area contributed by atoms with Crippen molar-refractivity contribution in [3.63, 3.8) is 0 Å². The van der Waals surface area contributed by atoms with Gasteiger partial charge in [-0.3, -0.25) is 4.90 Å². The van der Waals surface area contributed by atoms with Gasteiger partial charge in [0.1, 0.15) is 0 Å². The highest BCUT2D eigenvalue weighted by atomic mass is 16.5. The number of rotatable bonds is 5. The molecule has 1 aliphatic heterocycles. The molecule has 2 N–H and O–H groups in total. The predicted molar refractivity (Wildman–Crippen MR) is 87.9 cm³/mol. The fourth-order valence-electron chi connectivity index (χ4n) is 2.62. The molecule has 22 heavy (non-hydrogen) atoms. The molecule has 0 atom stereocenters. The zero-order valence-corrected chi connectivity index (χ0v) is 13.8. The van der Waals surface area contributed by atoms with Crippen molar-refractivity contribution in [1.82, 2.24) is 15.5 Å². The minimum atomic E-state index is -0.121. The fraction of sp³-hybridized carbons (Fsp3) is 0.588. The molecular formula is C17H27N3O2. The topological polar surface area (TPSA) is 53.6 Å². The van der Waals surface area contributed by atoms with Gasteiger partial charge in [-0.2, -0.15) is 0 Å². The van der Waals surface area contributed by atoms with E-state index in [0.29, 0.717) is 13.1 Å². The van der Waals surface area contributed by atoms with Crippen LogP contribution in [0.3, 0.4) is 0 Å². The number of carbonyl (C=O) groups is 1. The summed E-state index contributed by atoms with van der Waals surface area (Å²) in [5.74, 6) is 0. The Kier molecular flexibility index (Phi) is 5.80. The third kappa shape index (κ3) is 4.71. The average Bonchev–Trinajstić information content (AvgIpc) is 2.53. The first-order chi connectivity index (χ1) is 10.5. The zero-order valence-electron chi connectivity index (χ0n) is 13.8. The second-order valence-corrected chi connectivity index (χ2v) is 6.37. The second kappa shape index (κ2) is 7.61. The summed E-state index contributed by atoms with van der Waals surface area (Å²) >= 11 is 0. The molecular weight excluding hydrogens is 278 g/mol. The van der Waals surface area contributed by atoms with Gasteiger partial charge in [-0.15, -0.1) is 0 Å². The van der Waals surface area contributed by atoms with Crippen molar-refractivity contribution in [3.8, 4) is 0 Å². The molecule has 122 valence electrons. The maximum Gasteiger partial charge on any atom is 0.315 e. The summed E-state index contributed by atoms with van der Waals surface area (Å²) in [6, 6.07) is 7.96. The van der Waals surface area contributed by atoms with Crippen LogP contribution in [0.25, 0.3) is 0 Å². The summed E-state index contributed by atoms with van der Waals surface area (Å²) in [5, 5.41) is 5.90. The standard InChI is InChI=1S/C17H27N3O2/c1-14-6-4-5-7-15(14)12-18-16(21)19-13-17(2,3)20-8-10-22-11-9-20/h4-7H,8-13H2,1-3H3,(H2,18,19,21). The van der Waals surface area contributed by atoms with Gasteiger partial charge in [-0.1, -0.05) is 24.3 Å². The number of amides is 2. The normalized spacial score (nSPS) is 16.3. The number of aryl methyl sites for hydroxylation is 1. The van der Waals surface area contributed by atoms with Crippen LogP contribution in [0, 0.1) is 6.92 Å².